The Morgan fingerprint density at radius 2 is 1.88 bits per heavy atom. The van der Waals surface area contributed by atoms with Crippen LogP contribution >= 0.6 is 12.4 Å². The average molecular weight is 352 g/mol. The third-order valence-corrected chi connectivity index (χ3v) is 4.90. The first-order valence-electron chi connectivity index (χ1n) is 8.09. The lowest BCUT2D eigenvalue weighted by molar-refractivity contribution is -0.0231. The summed E-state index contributed by atoms with van der Waals surface area (Å²) in [7, 11) is 1.74. The normalized spacial score (nSPS) is 28.9. The van der Waals surface area contributed by atoms with Gasteiger partial charge in [-0.3, -0.25) is 0 Å². The van der Waals surface area contributed by atoms with Crippen molar-refractivity contribution < 1.29 is 9.84 Å². The van der Waals surface area contributed by atoms with Gasteiger partial charge in [-0.05, 0) is 67.2 Å². The molecule has 1 aromatic heterocycles. The highest BCUT2D eigenvalue weighted by Crippen LogP contribution is 2.35. The highest BCUT2D eigenvalue weighted by Gasteiger charge is 2.39. The fourth-order valence-corrected chi connectivity index (χ4v) is 3.64. The molecule has 2 N–H and O–H groups in total. The Kier molecular flexibility index (Phi) is 5.03. The van der Waals surface area contributed by atoms with Crippen LogP contribution in [0.5, 0.6) is 5.75 Å². The van der Waals surface area contributed by atoms with Crippen LogP contribution in [-0.2, 0) is 7.05 Å². The van der Waals surface area contributed by atoms with E-state index in [1.807, 2.05) is 24.3 Å². The minimum Gasteiger partial charge on any atom is -0.488 e. The molecule has 0 unspecified atom stereocenters. The molecule has 7 nitrogen and oxygen atoms in total. The van der Waals surface area contributed by atoms with Crippen LogP contribution in [0.25, 0.3) is 11.4 Å². The topological polar surface area (TPSA) is 85.1 Å². The zero-order valence-corrected chi connectivity index (χ0v) is 14.3. The zero-order chi connectivity index (χ0) is 15.8. The molecule has 8 heteroatoms. The van der Waals surface area contributed by atoms with Gasteiger partial charge in [-0.2, -0.15) is 4.80 Å². The largest absolute Gasteiger partial charge is 0.488 e. The van der Waals surface area contributed by atoms with Crippen molar-refractivity contribution >= 4 is 12.4 Å². The fourth-order valence-electron chi connectivity index (χ4n) is 3.64. The van der Waals surface area contributed by atoms with E-state index in [0.717, 1.165) is 37.2 Å². The summed E-state index contributed by atoms with van der Waals surface area (Å²) < 4.78 is 6.03. The number of rotatable bonds is 3. The molecule has 4 atom stereocenters. The number of aliphatic hydroxyl groups excluding tert-OH is 1. The quantitative estimate of drug-likeness (QED) is 0.859. The number of aryl methyl sites for hydroxylation is 1. The zero-order valence-electron chi connectivity index (χ0n) is 13.5. The van der Waals surface area contributed by atoms with Gasteiger partial charge in [0, 0.05) is 5.56 Å². The molecule has 1 saturated heterocycles. The summed E-state index contributed by atoms with van der Waals surface area (Å²) in [4.78, 5) is 1.43. The summed E-state index contributed by atoms with van der Waals surface area (Å²) >= 11 is 0. The number of hydrogen-bond acceptors (Lipinski definition) is 6. The van der Waals surface area contributed by atoms with Gasteiger partial charge in [0.25, 0.3) is 0 Å². The number of benzene rings is 1. The average Bonchev–Trinajstić information content (AvgIpc) is 3.17. The molecule has 0 spiro atoms. The SMILES string of the molecule is Cl.Cn1nnc(-c2ccc(O[C@@H]3C[C@@H]4CNC[C@@H]4C[C@H]3O)cc2)n1. The number of aromatic nitrogens is 4. The molecule has 1 aromatic carbocycles. The van der Waals surface area contributed by atoms with E-state index in [1.165, 1.54) is 4.80 Å². The number of nitrogens with zero attached hydrogens (tertiary/aromatic N) is 4. The highest BCUT2D eigenvalue weighted by atomic mass is 35.5. The van der Waals surface area contributed by atoms with Crippen molar-refractivity contribution in [3.05, 3.63) is 24.3 Å². The lowest BCUT2D eigenvalue weighted by Crippen LogP contribution is -2.42. The van der Waals surface area contributed by atoms with E-state index >= 15 is 0 Å². The second kappa shape index (κ2) is 7.04. The third-order valence-electron chi connectivity index (χ3n) is 4.90. The molecule has 24 heavy (non-hydrogen) atoms. The minimum absolute atomic E-state index is 0. The van der Waals surface area contributed by atoms with Crippen LogP contribution in [0.15, 0.2) is 24.3 Å². The Morgan fingerprint density at radius 3 is 2.54 bits per heavy atom. The summed E-state index contributed by atoms with van der Waals surface area (Å²) in [5.74, 6) is 2.57. The molecular formula is C16H22ClN5O2. The molecule has 1 aliphatic carbocycles. The molecule has 0 bridgehead atoms. The van der Waals surface area contributed by atoms with Crippen LogP contribution in [0.4, 0.5) is 0 Å². The van der Waals surface area contributed by atoms with Gasteiger partial charge in [0.15, 0.2) is 0 Å². The second-order valence-corrected chi connectivity index (χ2v) is 6.50. The second-order valence-electron chi connectivity index (χ2n) is 6.50. The number of halogens is 1. The summed E-state index contributed by atoms with van der Waals surface area (Å²) in [6.45, 7) is 2.06. The van der Waals surface area contributed by atoms with Crippen LogP contribution in [0.2, 0.25) is 0 Å². The van der Waals surface area contributed by atoms with Gasteiger partial charge in [-0.1, -0.05) is 0 Å². The van der Waals surface area contributed by atoms with Crippen LogP contribution < -0.4 is 10.1 Å². The Bertz CT molecular complexity index is 677. The van der Waals surface area contributed by atoms with E-state index in [1.54, 1.807) is 7.05 Å². The first-order valence-corrected chi connectivity index (χ1v) is 8.09. The standard InChI is InChI=1S/C16H21N5O2.ClH/c1-21-19-16(18-20-21)10-2-4-13(5-3-10)23-15-7-12-9-17-8-11(12)6-14(15)22;/h2-5,11-12,14-15,17,22H,6-9H2,1H3;1H/t11-,12+,14+,15+;/m0./s1. The summed E-state index contributed by atoms with van der Waals surface area (Å²) in [6, 6.07) is 7.64. The molecule has 0 radical (unpaired) electrons. The lowest BCUT2D eigenvalue weighted by Gasteiger charge is -2.35. The Balaban J connectivity index is 0.00000169. The molecular weight excluding hydrogens is 330 g/mol. The van der Waals surface area contributed by atoms with E-state index in [9.17, 15) is 5.11 Å². The molecule has 2 aromatic rings. The van der Waals surface area contributed by atoms with Gasteiger partial charge >= 0.3 is 0 Å². The molecule has 130 valence electrons. The van der Waals surface area contributed by atoms with E-state index < -0.39 is 6.10 Å². The number of tetrazole rings is 1. The number of hydrogen-bond donors (Lipinski definition) is 2. The van der Waals surface area contributed by atoms with Gasteiger partial charge < -0.3 is 15.2 Å². The molecule has 0 amide bonds. The van der Waals surface area contributed by atoms with Crippen LogP contribution in [0.1, 0.15) is 12.8 Å². The number of ether oxygens (including phenoxy) is 1. The Morgan fingerprint density at radius 1 is 1.17 bits per heavy atom. The van der Waals surface area contributed by atoms with Gasteiger partial charge in [0.2, 0.25) is 5.82 Å². The minimum atomic E-state index is -0.391. The maximum atomic E-state index is 10.3. The molecule has 1 aliphatic heterocycles. The number of aliphatic hydroxyl groups is 1. The van der Waals surface area contributed by atoms with Crippen molar-refractivity contribution in [2.24, 2.45) is 18.9 Å². The van der Waals surface area contributed by atoms with E-state index in [-0.39, 0.29) is 18.5 Å². The third kappa shape index (κ3) is 3.38. The summed E-state index contributed by atoms with van der Waals surface area (Å²) in [6.07, 6.45) is 1.21. The van der Waals surface area contributed by atoms with Crippen molar-refractivity contribution in [1.29, 1.82) is 0 Å². The van der Waals surface area contributed by atoms with Crippen molar-refractivity contribution in [3.63, 3.8) is 0 Å². The molecule has 1 saturated carbocycles. The van der Waals surface area contributed by atoms with Crippen molar-refractivity contribution in [2.75, 3.05) is 13.1 Å². The smallest absolute Gasteiger partial charge is 0.204 e. The van der Waals surface area contributed by atoms with E-state index in [0.29, 0.717) is 17.7 Å². The van der Waals surface area contributed by atoms with Gasteiger partial charge in [-0.15, -0.1) is 22.6 Å². The predicted molar refractivity (Wildman–Crippen MR) is 91.0 cm³/mol. The van der Waals surface area contributed by atoms with Crippen LogP contribution in [-0.4, -0.2) is 50.6 Å². The highest BCUT2D eigenvalue weighted by molar-refractivity contribution is 5.85. The predicted octanol–water partition coefficient (Wildman–Crippen LogP) is 1.04. The van der Waals surface area contributed by atoms with Crippen LogP contribution in [0.3, 0.4) is 0 Å². The maximum Gasteiger partial charge on any atom is 0.204 e. The van der Waals surface area contributed by atoms with Crippen molar-refractivity contribution in [2.45, 2.75) is 25.0 Å². The Hall–Kier alpha value is -1.70. The van der Waals surface area contributed by atoms with E-state index in [2.05, 4.69) is 20.7 Å². The van der Waals surface area contributed by atoms with E-state index in [4.69, 9.17) is 4.74 Å². The Labute approximate surface area is 146 Å². The lowest BCUT2D eigenvalue weighted by atomic mass is 9.78. The van der Waals surface area contributed by atoms with Gasteiger partial charge in [0.1, 0.15) is 11.9 Å². The molecule has 2 heterocycles. The van der Waals surface area contributed by atoms with Crippen molar-refractivity contribution in [1.82, 2.24) is 25.5 Å². The van der Waals surface area contributed by atoms with Crippen LogP contribution in [0, 0.1) is 11.8 Å². The molecule has 2 fully saturated rings. The van der Waals surface area contributed by atoms with Gasteiger partial charge in [-0.25, -0.2) is 0 Å². The fraction of sp³-hybridized carbons (Fsp3) is 0.562. The van der Waals surface area contributed by atoms with Gasteiger partial charge in [0.05, 0.1) is 13.2 Å². The maximum absolute atomic E-state index is 10.3. The van der Waals surface area contributed by atoms with Crippen molar-refractivity contribution in [3.8, 4) is 17.1 Å². The summed E-state index contributed by atoms with van der Waals surface area (Å²) in [5, 5.41) is 25.7. The number of fused-ring (bicyclic) bond motifs is 1. The monoisotopic (exact) mass is 351 g/mol. The number of nitrogens with one attached hydrogen (secondary N) is 1. The molecule has 4 rings (SSSR count). The first kappa shape index (κ1) is 17.1. The summed E-state index contributed by atoms with van der Waals surface area (Å²) in [5.41, 5.74) is 0.898. The first-order chi connectivity index (χ1) is 11.2. The molecule has 2 aliphatic rings.